The highest BCUT2D eigenvalue weighted by Gasteiger charge is 2.36. The van der Waals surface area contributed by atoms with Crippen molar-refractivity contribution in [1.82, 2.24) is 27.8 Å². The highest BCUT2D eigenvalue weighted by atomic mass is 35.5. The lowest BCUT2D eigenvalue weighted by molar-refractivity contribution is -0.387. The number of benzene rings is 5. The number of halogens is 5. The number of nitro groups is 3. The van der Waals surface area contributed by atoms with Gasteiger partial charge in [0.05, 0.1) is 65.5 Å². The lowest BCUT2D eigenvalue weighted by Crippen LogP contribution is -2.47. The Morgan fingerprint density at radius 3 is 1.64 bits per heavy atom. The number of allylic oxidation sites excluding steroid dienone is 1. The summed E-state index contributed by atoms with van der Waals surface area (Å²) in [6.45, 7) is 11.2. The van der Waals surface area contributed by atoms with Crippen LogP contribution < -0.4 is 36.3 Å². The number of ketones is 1. The Labute approximate surface area is 697 Å². The zero-order valence-corrected chi connectivity index (χ0v) is 71.6. The first-order chi connectivity index (χ1) is 55.9. The molecule has 4 saturated heterocycles. The molecular formula is C74H94ClF4N15O20S6. The molecule has 5 aromatic carbocycles. The predicted octanol–water partition coefficient (Wildman–Crippen LogP) is 9.79. The van der Waals surface area contributed by atoms with Crippen molar-refractivity contribution in [3.8, 4) is 11.5 Å². The smallest absolute Gasteiger partial charge is 0.416 e. The quantitative estimate of drug-likeness (QED) is 0.0134. The standard InChI is InChI=1S/C48H53ClF3N7O8S2.C13H20N4O6S2.C7H16N2O2S.C6H5FN2O4S/c1-47(2)14-12-33(40(25-47)38-9-6-34(22-41(38)49)48(50,51)52)29-56-17-19-57(20-18-56)35-7-10-39(45(23-35)67-36-21-32-13-15-53-46(32)55-27-36)44(60)30-69(65,66)37-8-11-42(43(24-37)59(61)62)54-26-31-5-4-16-58(28-31)68(3,63)64;1-24(20,21)16-6-2-3-10(9-16)8-15-12-5-4-11(25(14,22)23)7-13(12)17(18)19;1-12(10,11)9-4-2-3-7(5-8)6-9;7-5-2-1-4(14(8,12)13)3-6(5)9(10)11/h6-11,13,15,21-24,27,31,54H,4-5,12,14,16-20,25-26,28-30H2,1-3H3,(H,53,55);4-5,7,10,15H,2-3,6,8-9H2,1H3,(H2,14,22,23);7H,2-6,8H2,1H3;1-3H,(H2,8,12,13). The Bertz CT molecular complexity index is 5750. The monoisotopic (exact) mass is 1820 g/mol. The minimum absolute atomic E-state index is 0.000923. The third-order valence-electron chi connectivity index (χ3n) is 21.0. The maximum absolute atomic E-state index is 14.1. The normalized spacial score (nSPS) is 18.8. The van der Waals surface area contributed by atoms with Crippen LogP contribution in [-0.4, -0.2) is 215 Å². The van der Waals surface area contributed by atoms with Crippen LogP contribution in [0.15, 0.2) is 136 Å². The highest BCUT2D eigenvalue weighted by Crippen LogP contribution is 2.46. The number of carbonyl (C=O) groups excluding carboxylic acids is 1. The molecule has 46 heteroatoms. The molecule has 656 valence electrons. The second-order valence-corrected chi connectivity index (χ2v) is 42.1. The second kappa shape index (κ2) is 39.0. The lowest BCUT2D eigenvalue weighted by Gasteiger charge is -2.39. The van der Waals surface area contributed by atoms with E-state index in [9.17, 15) is 103 Å². The highest BCUT2D eigenvalue weighted by molar-refractivity contribution is 7.92. The van der Waals surface area contributed by atoms with Gasteiger partial charge < -0.3 is 31.0 Å². The summed E-state index contributed by atoms with van der Waals surface area (Å²) in [6.07, 6.45) is 9.46. The summed E-state index contributed by atoms with van der Waals surface area (Å²) in [4.78, 5) is 55.9. The van der Waals surface area contributed by atoms with Crippen LogP contribution in [0.4, 0.5) is 51.7 Å². The molecule has 4 fully saturated rings. The summed E-state index contributed by atoms with van der Waals surface area (Å²) in [5, 5.41) is 50.1. The molecule has 0 radical (unpaired) electrons. The van der Waals surface area contributed by atoms with E-state index in [1.165, 1.54) is 61.8 Å². The summed E-state index contributed by atoms with van der Waals surface area (Å²) < 4.78 is 205. The number of piperidine rings is 3. The Kier molecular flexibility index (Phi) is 30.9. The summed E-state index contributed by atoms with van der Waals surface area (Å²) in [7, 11) is -22.2. The molecule has 9 N–H and O–H groups in total. The number of nitrogens with two attached hydrogens (primary N) is 3. The zero-order chi connectivity index (χ0) is 88.4. The number of piperazine rings is 1. The van der Waals surface area contributed by atoms with E-state index in [1.54, 1.807) is 30.5 Å². The van der Waals surface area contributed by atoms with Crippen LogP contribution in [0.5, 0.6) is 11.5 Å². The number of ether oxygens (including phenoxy) is 1. The van der Waals surface area contributed by atoms with Crippen LogP contribution in [-0.2, 0) is 66.1 Å². The van der Waals surface area contributed by atoms with Gasteiger partial charge in [0.25, 0.3) is 11.4 Å². The van der Waals surface area contributed by atoms with E-state index in [0.29, 0.717) is 145 Å². The molecule has 35 nitrogen and oxygen atoms in total. The fourth-order valence-electron chi connectivity index (χ4n) is 14.4. The van der Waals surface area contributed by atoms with Gasteiger partial charge in [-0.25, -0.2) is 78.7 Å². The number of aromatic amines is 1. The minimum Gasteiger partial charge on any atom is -0.455 e. The molecule has 0 spiro atoms. The van der Waals surface area contributed by atoms with Crippen LogP contribution in [0.25, 0.3) is 16.6 Å². The van der Waals surface area contributed by atoms with E-state index in [-0.39, 0.29) is 62.9 Å². The van der Waals surface area contributed by atoms with E-state index >= 15 is 0 Å². The number of fused-ring (bicyclic) bond motifs is 1. The number of sulfonamides is 5. The number of H-pyrrole nitrogens is 1. The number of aromatic nitrogens is 2. The number of primary sulfonamides is 2. The number of Topliss-reactive ketones (excluding diaryl/α,β-unsaturated/α-hetero) is 1. The fraction of sp³-hybridized carbons (Fsp3) is 0.459. The maximum Gasteiger partial charge on any atom is 0.416 e. The molecule has 0 saturated carbocycles. The molecule has 1 aliphatic carbocycles. The number of hydrogen-bond acceptors (Lipinski definition) is 26. The topological polar surface area (TPSA) is 508 Å². The van der Waals surface area contributed by atoms with Gasteiger partial charge >= 0.3 is 11.9 Å². The molecule has 6 heterocycles. The van der Waals surface area contributed by atoms with Crippen molar-refractivity contribution in [3.05, 3.63) is 179 Å². The van der Waals surface area contributed by atoms with Crippen LogP contribution >= 0.6 is 11.6 Å². The second-order valence-electron chi connectivity index (χ2n) is 30.6. The van der Waals surface area contributed by atoms with Gasteiger partial charge in [-0.1, -0.05) is 37.1 Å². The Hall–Kier alpha value is -8.97. The minimum atomic E-state index is -4.51. The molecule has 0 amide bonds. The maximum atomic E-state index is 14.1. The first-order valence-electron chi connectivity index (χ1n) is 37.5. The Morgan fingerprint density at radius 1 is 0.642 bits per heavy atom. The summed E-state index contributed by atoms with van der Waals surface area (Å²) in [5.41, 5.74) is 7.08. The van der Waals surface area contributed by atoms with Crippen molar-refractivity contribution in [3.63, 3.8) is 0 Å². The molecule has 12 rings (SSSR count). The third kappa shape index (κ3) is 26.0. The van der Waals surface area contributed by atoms with E-state index in [4.69, 9.17) is 32.3 Å². The zero-order valence-electron chi connectivity index (χ0n) is 65.9. The Balaban J connectivity index is 0.000000257. The number of nitrogens with one attached hydrogen (secondary N) is 3. The van der Waals surface area contributed by atoms with Gasteiger partial charge in [-0.05, 0) is 171 Å². The van der Waals surface area contributed by atoms with Gasteiger partial charge in [-0.2, -0.15) is 17.6 Å². The number of nitro benzene ring substituents is 3. The van der Waals surface area contributed by atoms with Gasteiger partial charge in [-0.3, -0.25) is 40.0 Å². The number of anilines is 3. The van der Waals surface area contributed by atoms with Crippen molar-refractivity contribution in [2.45, 2.75) is 92.5 Å². The van der Waals surface area contributed by atoms with Crippen LogP contribution in [0, 0.1) is 59.3 Å². The van der Waals surface area contributed by atoms with E-state index < -0.39 is 131 Å². The lowest BCUT2D eigenvalue weighted by atomic mass is 9.72. The summed E-state index contributed by atoms with van der Waals surface area (Å²) in [6, 6.07) is 20.9. The van der Waals surface area contributed by atoms with Gasteiger partial charge in [0, 0.05) is 132 Å². The van der Waals surface area contributed by atoms with E-state index in [2.05, 4.69) is 44.2 Å². The number of nitrogens with zero attached hydrogens (tertiary/aromatic N) is 9. The van der Waals surface area contributed by atoms with Gasteiger partial charge in [0.1, 0.15) is 34.3 Å². The van der Waals surface area contributed by atoms with Crippen molar-refractivity contribution in [2.24, 2.45) is 39.2 Å². The molecule has 3 unspecified atom stereocenters. The van der Waals surface area contributed by atoms with Crippen molar-refractivity contribution in [2.75, 3.05) is 132 Å². The van der Waals surface area contributed by atoms with Crippen LogP contribution in [0.1, 0.15) is 93.1 Å². The average molecular weight is 1820 g/mol. The van der Waals surface area contributed by atoms with Gasteiger partial charge in [0.15, 0.2) is 15.6 Å². The molecule has 3 atom stereocenters. The summed E-state index contributed by atoms with van der Waals surface area (Å²) >= 11 is 6.54. The van der Waals surface area contributed by atoms with Crippen molar-refractivity contribution >= 4 is 128 Å². The molecular weight excluding hydrogens is 1720 g/mol. The number of alkyl halides is 3. The van der Waals surface area contributed by atoms with Crippen molar-refractivity contribution in [1.29, 1.82) is 0 Å². The van der Waals surface area contributed by atoms with Crippen LogP contribution in [0.2, 0.25) is 5.02 Å². The Morgan fingerprint density at radius 2 is 1.14 bits per heavy atom. The molecule has 5 aliphatic rings. The van der Waals surface area contributed by atoms with E-state index in [1.807, 2.05) is 0 Å². The number of pyridine rings is 1. The first-order valence-corrected chi connectivity index (χ1v) is 48.2. The molecule has 4 aliphatic heterocycles. The fourth-order valence-corrected chi connectivity index (χ4v) is 19.9. The molecule has 0 bridgehead atoms. The third-order valence-corrected chi connectivity index (χ3v) is 28.5. The van der Waals surface area contributed by atoms with Gasteiger partial charge in [-0.15, -0.1) is 0 Å². The predicted molar refractivity (Wildman–Crippen MR) is 444 cm³/mol. The molecule has 7 aromatic rings. The van der Waals surface area contributed by atoms with Gasteiger partial charge in [0.2, 0.25) is 55.9 Å². The number of carbonyl (C=O) groups is 1. The van der Waals surface area contributed by atoms with Crippen LogP contribution in [0.3, 0.4) is 0 Å². The number of sulfone groups is 1. The van der Waals surface area contributed by atoms with Crippen molar-refractivity contribution < 1.29 is 92.4 Å². The number of hydrogen-bond donors (Lipinski definition) is 6. The first kappa shape index (κ1) is 94.9. The summed E-state index contributed by atoms with van der Waals surface area (Å²) in [5.74, 6) is -2.32. The largest absolute Gasteiger partial charge is 0.455 e. The average Bonchev–Trinajstić information content (AvgIpc) is 0.946. The SMILES string of the molecule is CC1(C)CCC(CN2CCN(c3ccc(C(=O)CS(=O)(=O)c4ccc(NCC5CCCN(S(C)(=O)=O)C5)c([N+](=O)[O-])c4)c(Oc4cnc5[nH]ccc5c4)c3)CC2)=C(c2ccc(C(F)(F)F)cc2Cl)C1.CS(=O)(=O)N1CCCC(CN)C1.CS(=O)(=O)N1CCCC(CNc2ccc(S(N)(=O)=O)cc2[N+](=O)[O-])C1.NS(=O)(=O)c1ccc(F)c([N+](=O)[O-])c1. The van der Waals surface area contributed by atoms with E-state index in [0.717, 1.165) is 91.5 Å². The molecule has 120 heavy (non-hydrogen) atoms. The number of rotatable bonds is 25. The molecule has 2 aromatic heterocycles.